The quantitative estimate of drug-likeness (QED) is 0.886. The zero-order valence-electron chi connectivity index (χ0n) is 10.7. The highest BCUT2D eigenvalue weighted by molar-refractivity contribution is 5.51. The molecule has 2 aliphatic heterocycles. The number of benzene rings is 1. The van der Waals surface area contributed by atoms with Crippen LogP contribution in [0.3, 0.4) is 0 Å². The van der Waals surface area contributed by atoms with Crippen LogP contribution in [-0.2, 0) is 6.42 Å². The van der Waals surface area contributed by atoms with E-state index in [2.05, 4.69) is 11.4 Å². The molecule has 0 bridgehead atoms. The largest absolute Gasteiger partial charge is 0.496 e. The zero-order valence-corrected chi connectivity index (χ0v) is 10.7. The fourth-order valence-electron chi connectivity index (χ4n) is 2.66. The van der Waals surface area contributed by atoms with E-state index in [9.17, 15) is 0 Å². The van der Waals surface area contributed by atoms with Gasteiger partial charge in [0.05, 0.1) is 7.11 Å². The van der Waals surface area contributed by atoms with Crippen LogP contribution in [-0.4, -0.2) is 32.9 Å². The van der Waals surface area contributed by atoms with E-state index in [0.717, 1.165) is 30.2 Å². The van der Waals surface area contributed by atoms with Crippen molar-refractivity contribution in [2.24, 2.45) is 0 Å². The van der Waals surface area contributed by atoms with Gasteiger partial charge in [0.1, 0.15) is 19.0 Å². The first kappa shape index (κ1) is 11.7. The molecule has 0 radical (unpaired) electrons. The Bertz CT molecular complexity index is 427. The van der Waals surface area contributed by atoms with Crippen molar-refractivity contribution < 1.29 is 14.2 Å². The standard InChI is InChI=1S/C14H19NO3/c1-16-12-9-14-13(17-5-6-18-14)8-10(12)7-11-3-2-4-15-11/h8-9,11,15H,2-7H2,1H3. The lowest BCUT2D eigenvalue weighted by Crippen LogP contribution is -2.24. The van der Waals surface area contributed by atoms with E-state index < -0.39 is 0 Å². The summed E-state index contributed by atoms with van der Waals surface area (Å²) < 4.78 is 16.7. The lowest BCUT2D eigenvalue weighted by Gasteiger charge is -2.21. The summed E-state index contributed by atoms with van der Waals surface area (Å²) in [6.07, 6.45) is 3.48. The third kappa shape index (κ3) is 2.25. The molecule has 0 spiro atoms. The Hall–Kier alpha value is -1.42. The maximum Gasteiger partial charge on any atom is 0.165 e. The van der Waals surface area contributed by atoms with Gasteiger partial charge in [-0.15, -0.1) is 0 Å². The second kappa shape index (κ2) is 5.06. The predicted octanol–water partition coefficient (Wildman–Crippen LogP) is 1.76. The highest BCUT2D eigenvalue weighted by atomic mass is 16.6. The maximum absolute atomic E-state index is 5.63. The van der Waals surface area contributed by atoms with E-state index in [1.807, 2.05) is 6.07 Å². The van der Waals surface area contributed by atoms with Crippen molar-refractivity contribution in [2.75, 3.05) is 26.9 Å². The Morgan fingerprint density at radius 1 is 1.28 bits per heavy atom. The maximum atomic E-state index is 5.63. The second-order valence-electron chi connectivity index (χ2n) is 4.81. The Kier molecular flexibility index (Phi) is 3.28. The monoisotopic (exact) mass is 249 g/mol. The summed E-state index contributed by atoms with van der Waals surface area (Å²) >= 11 is 0. The van der Waals surface area contributed by atoms with E-state index >= 15 is 0 Å². The van der Waals surface area contributed by atoms with Crippen LogP contribution in [0.4, 0.5) is 0 Å². The van der Waals surface area contributed by atoms with Crippen LogP contribution in [0.5, 0.6) is 17.2 Å². The molecule has 1 unspecified atom stereocenters. The number of fused-ring (bicyclic) bond motifs is 1. The van der Waals surface area contributed by atoms with Gasteiger partial charge in [-0.25, -0.2) is 0 Å². The predicted molar refractivity (Wildman–Crippen MR) is 68.7 cm³/mol. The van der Waals surface area contributed by atoms with Gasteiger partial charge in [-0.1, -0.05) is 0 Å². The van der Waals surface area contributed by atoms with Crippen LogP contribution in [0, 0.1) is 0 Å². The number of rotatable bonds is 3. The molecule has 2 aliphatic rings. The lowest BCUT2D eigenvalue weighted by molar-refractivity contribution is 0.170. The van der Waals surface area contributed by atoms with Crippen molar-refractivity contribution in [1.29, 1.82) is 0 Å². The molecular formula is C14H19NO3. The van der Waals surface area contributed by atoms with E-state index in [0.29, 0.717) is 19.3 Å². The van der Waals surface area contributed by atoms with Gasteiger partial charge in [-0.2, -0.15) is 0 Å². The molecule has 0 aliphatic carbocycles. The van der Waals surface area contributed by atoms with Crippen LogP contribution in [0.25, 0.3) is 0 Å². The van der Waals surface area contributed by atoms with E-state index in [4.69, 9.17) is 14.2 Å². The highest BCUT2D eigenvalue weighted by Gasteiger charge is 2.20. The summed E-state index contributed by atoms with van der Waals surface area (Å²) in [5.41, 5.74) is 1.20. The summed E-state index contributed by atoms with van der Waals surface area (Å²) in [5, 5.41) is 3.51. The molecule has 3 rings (SSSR count). The first-order valence-electron chi connectivity index (χ1n) is 6.56. The van der Waals surface area contributed by atoms with Crippen molar-refractivity contribution in [3.63, 3.8) is 0 Å². The molecule has 1 fully saturated rings. The van der Waals surface area contributed by atoms with Gasteiger partial charge in [0.15, 0.2) is 11.5 Å². The summed E-state index contributed by atoms with van der Waals surface area (Å²) in [7, 11) is 1.71. The third-order valence-corrected chi connectivity index (χ3v) is 3.57. The van der Waals surface area contributed by atoms with Crippen LogP contribution >= 0.6 is 0 Å². The van der Waals surface area contributed by atoms with Gasteiger partial charge >= 0.3 is 0 Å². The normalized spacial score (nSPS) is 21.9. The zero-order chi connectivity index (χ0) is 12.4. The molecule has 18 heavy (non-hydrogen) atoms. The molecule has 1 atom stereocenters. The number of ether oxygens (including phenoxy) is 3. The van der Waals surface area contributed by atoms with Crippen molar-refractivity contribution in [3.8, 4) is 17.2 Å². The first-order valence-corrected chi connectivity index (χ1v) is 6.56. The molecule has 1 N–H and O–H groups in total. The van der Waals surface area contributed by atoms with Crippen molar-refractivity contribution in [2.45, 2.75) is 25.3 Å². The fourth-order valence-corrected chi connectivity index (χ4v) is 2.66. The third-order valence-electron chi connectivity index (χ3n) is 3.57. The summed E-state index contributed by atoms with van der Waals surface area (Å²) in [4.78, 5) is 0. The van der Waals surface area contributed by atoms with Gasteiger partial charge in [0.25, 0.3) is 0 Å². The Labute approximate surface area is 107 Å². The number of methoxy groups -OCH3 is 1. The Morgan fingerprint density at radius 2 is 2.06 bits per heavy atom. The molecule has 1 aromatic carbocycles. The molecular weight excluding hydrogens is 230 g/mol. The van der Waals surface area contributed by atoms with E-state index in [-0.39, 0.29) is 0 Å². The van der Waals surface area contributed by atoms with Gasteiger partial charge < -0.3 is 19.5 Å². The second-order valence-corrected chi connectivity index (χ2v) is 4.81. The SMILES string of the molecule is COc1cc2c(cc1CC1CCCN1)OCCO2. The van der Waals surface area contributed by atoms with Gasteiger partial charge in [-0.05, 0) is 37.4 Å². The fraction of sp³-hybridized carbons (Fsp3) is 0.571. The average molecular weight is 249 g/mol. The van der Waals surface area contributed by atoms with Crippen molar-refractivity contribution >= 4 is 0 Å². The van der Waals surface area contributed by atoms with Crippen molar-refractivity contribution in [1.82, 2.24) is 5.32 Å². The average Bonchev–Trinajstić information content (AvgIpc) is 2.91. The molecule has 4 nitrogen and oxygen atoms in total. The van der Waals surface area contributed by atoms with Crippen LogP contribution in [0.2, 0.25) is 0 Å². The van der Waals surface area contributed by atoms with Gasteiger partial charge in [-0.3, -0.25) is 0 Å². The van der Waals surface area contributed by atoms with Crippen LogP contribution < -0.4 is 19.5 Å². The first-order chi connectivity index (χ1) is 8.86. The van der Waals surface area contributed by atoms with Gasteiger partial charge in [0.2, 0.25) is 0 Å². The Morgan fingerprint density at radius 3 is 2.72 bits per heavy atom. The minimum absolute atomic E-state index is 0.557. The minimum atomic E-state index is 0.557. The summed E-state index contributed by atoms with van der Waals surface area (Å²) in [6, 6.07) is 4.56. The van der Waals surface area contributed by atoms with E-state index in [1.54, 1.807) is 7.11 Å². The van der Waals surface area contributed by atoms with Crippen LogP contribution in [0.15, 0.2) is 12.1 Å². The highest BCUT2D eigenvalue weighted by Crippen LogP contribution is 2.37. The van der Waals surface area contributed by atoms with Crippen LogP contribution in [0.1, 0.15) is 18.4 Å². The lowest BCUT2D eigenvalue weighted by atomic mass is 10.0. The molecule has 0 aromatic heterocycles. The molecule has 0 saturated carbocycles. The van der Waals surface area contributed by atoms with E-state index in [1.165, 1.54) is 18.4 Å². The minimum Gasteiger partial charge on any atom is -0.496 e. The number of hydrogen-bond acceptors (Lipinski definition) is 4. The molecule has 2 heterocycles. The number of hydrogen-bond donors (Lipinski definition) is 1. The molecule has 1 saturated heterocycles. The molecule has 98 valence electrons. The molecule has 4 heteroatoms. The topological polar surface area (TPSA) is 39.7 Å². The summed E-state index contributed by atoms with van der Waals surface area (Å²) in [5.74, 6) is 2.53. The Balaban J connectivity index is 1.86. The molecule has 0 amide bonds. The summed E-state index contributed by atoms with van der Waals surface area (Å²) in [6.45, 7) is 2.36. The smallest absolute Gasteiger partial charge is 0.165 e. The molecule has 1 aromatic rings. The van der Waals surface area contributed by atoms with Gasteiger partial charge in [0, 0.05) is 12.1 Å². The van der Waals surface area contributed by atoms with Crippen molar-refractivity contribution in [3.05, 3.63) is 17.7 Å². The number of nitrogens with one attached hydrogen (secondary N) is 1.